The van der Waals surface area contributed by atoms with Gasteiger partial charge in [0.2, 0.25) is 0 Å². The summed E-state index contributed by atoms with van der Waals surface area (Å²) in [5.41, 5.74) is 0.625. The van der Waals surface area contributed by atoms with Gasteiger partial charge in [0.1, 0.15) is 0 Å². The first-order valence-electron chi connectivity index (χ1n) is 4.62. The standard InChI is InChI=1S/C11H9ClFNOS/c12-11-4-2-8(16-11)6-14-7-1-3-10(15)9(13)5-7/h1-5,14-15H,6H2. The van der Waals surface area contributed by atoms with Crippen molar-refractivity contribution in [1.29, 1.82) is 0 Å². The third-order valence-electron chi connectivity index (χ3n) is 2.04. The number of rotatable bonds is 3. The Morgan fingerprint density at radius 3 is 2.75 bits per heavy atom. The largest absolute Gasteiger partial charge is 0.505 e. The second-order valence-corrected chi connectivity index (χ2v) is 5.03. The third kappa shape index (κ3) is 2.65. The molecule has 84 valence electrons. The summed E-state index contributed by atoms with van der Waals surface area (Å²) >= 11 is 7.26. The lowest BCUT2D eigenvalue weighted by Gasteiger charge is -2.05. The highest BCUT2D eigenvalue weighted by molar-refractivity contribution is 7.16. The molecule has 0 atom stereocenters. The van der Waals surface area contributed by atoms with Crippen LogP contribution in [0.25, 0.3) is 0 Å². The monoisotopic (exact) mass is 257 g/mol. The van der Waals surface area contributed by atoms with Crippen LogP contribution in [0, 0.1) is 5.82 Å². The van der Waals surface area contributed by atoms with Gasteiger partial charge in [0.15, 0.2) is 11.6 Å². The molecule has 0 unspecified atom stereocenters. The quantitative estimate of drug-likeness (QED) is 0.819. The summed E-state index contributed by atoms with van der Waals surface area (Å²) in [5.74, 6) is -0.973. The molecule has 1 heterocycles. The molecule has 16 heavy (non-hydrogen) atoms. The van der Waals surface area contributed by atoms with E-state index in [0.29, 0.717) is 12.2 Å². The van der Waals surface area contributed by atoms with Gasteiger partial charge < -0.3 is 10.4 Å². The van der Waals surface area contributed by atoms with Crippen LogP contribution < -0.4 is 5.32 Å². The molecule has 0 aliphatic heterocycles. The van der Waals surface area contributed by atoms with E-state index >= 15 is 0 Å². The Hall–Kier alpha value is -1.26. The molecule has 5 heteroatoms. The number of hydrogen-bond donors (Lipinski definition) is 2. The van der Waals surface area contributed by atoms with Crippen LogP contribution in [-0.2, 0) is 6.54 Å². The molecule has 0 saturated carbocycles. The predicted molar refractivity (Wildman–Crippen MR) is 64.7 cm³/mol. The fourth-order valence-corrected chi connectivity index (χ4v) is 2.28. The summed E-state index contributed by atoms with van der Waals surface area (Å²) in [4.78, 5) is 1.07. The zero-order valence-corrected chi connectivity index (χ0v) is 9.78. The average Bonchev–Trinajstić information content (AvgIpc) is 2.66. The highest BCUT2D eigenvalue weighted by atomic mass is 35.5. The van der Waals surface area contributed by atoms with Crippen LogP contribution in [0.1, 0.15) is 4.88 Å². The molecule has 1 aromatic carbocycles. The predicted octanol–water partition coefficient (Wildman–Crippen LogP) is 3.86. The fraction of sp³-hybridized carbons (Fsp3) is 0.0909. The summed E-state index contributed by atoms with van der Waals surface area (Å²) in [6.07, 6.45) is 0. The van der Waals surface area contributed by atoms with Gasteiger partial charge in [-0.15, -0.1) is 11.3 Å². The van der Waals surface area contributed by atoms with Gasteiger partial charge in [0, 0.05) is 23.2 Å². The fourth-order valence-electron chi connectivity index (χ4n) is 1.25. The third-order valence-corrected chi connectivity index (χ3v) is 3.27. The lowest BCUT2D eigenvalue weighted by molar-refractivity contribution is 0.432. The van der Waals surface area contributed by atoms with Crippen molar-refractivity contribution in [3.05, 3.63) is 45.4 Å². The van der Waals surface area contributed by atoms with Crippen LogP contribution in [0.15, 0.2) is 30.3 Å². The zero-order chi connectivity index (χ0) is 11.5. The molecule has 0 amide bonds. The molecule has 2 aromatic rings. The van der Waals surface area contributed by atoms with Gasteiger partial charge in [0.25, 0.3) is 0 Å². The normalized spacial score (nSPS) is 10.4. The first-order chi connectivity index (χ1) is 7.65. The number of thiophene rings is 1. The maximum absolute atomic E-state index is 13.0. The Morgan fingerprint density at radius 1 is 1.31 bits per heavy atom. The highest BCUT2D eigenvalue weighted by Gasteiger charge is 2.02. The Balaban J connectivity index is 2.02. The van der Waals surface area contributed by atoms with Crippen molar-refractivity contribution in [2.24, 2.45) is 0 Å². The van der Waals surface area contributed by atoms with Crippen molar-refractivity contribution >= 4 is 28.6 Å². The van der Waals surface area contributed by atoms with Gasteiger partial charge >= 0.3 is 0 Å². The number of anilines is 1. The van der Waals surface area contributed by atoms with E-state index in [0.717, 1.165) is 9.21 Å². The number of halogens is 2. The minimum absolute atomic E-state index is 0.343. The van der Waals surface area contributed by atoms with Crippen LogP contribution in [0.4, 0.5) is 10.1 Å². The van der Waals surface area contributed by atoms with Crippen LogP contribution in [0.3, 0.4) is 0 Å². The number of nitrogens with one attached hydrogen (secondary N) is 1. The number of benzene rings is 1. The molecule has 0 aliphatic carbocycles. The topological polar surface area (TPSA) is 32.3 Å². The van der Waals surface area contributed by atoms with Crippen LogP contribution in [0.2, 0.25) is 4.34 Å². The molecule has 0 fully saturated rings. The van der Waals surface area contributed by atoms with Gasteiger partial charge in [-0.05, 0) is 24.3 Å². The molecular weight excluding hydrogens is 249 g/mol. The Labute approximate surface area is 101 Å². The molecule has 1 aromatic heterocycles. The zero-order valence-electron chi connectivity index (χ0n) is 8.21. The first kappa shape index (κ1) is 11.2. The molecule has 0 radical (unpaired) electrons. The van der Waals surface area contributed by atoms with Gasteiger partial charge in [-0.25, -0.2) is 4.39 Å². The summed E-state index contributed by atoms with van der Waals surface area (Å²) in [5, 5.41) is 12.1. The highest BCUT2D eigenvalue weighted by Crippen LogP contribution is 2.23. The summed E-state index contributed by atoms with van der Waals surface area (Å²) in [6, 6.07) is 7.93. The Bertz CT molecular complexity index is 500. The van der Waals surface area contributed by atoms with Crippen molar-refractivity contribution < 1.29 is 9.50 Å². The van der Waals surface area contributed by atoms with E-state index in [1.54, 1.807) is 6.07 Å². The summed E-state index contributed by atoms with van der Waals surface area (Å²) in [6.45, 7) is 0.585. The SMILES string of the molecule is Oc1ccc(NCc2ccc(Cl)s2)cc1F. The Kier molecular flexibility index (Phi) is 3.31. The van der Waals surface area contributed by atoms with E-state index in [2.05, 4.69) is 5.32 Å². The lowest BCUT2D eigenvalue weighted by atomic mass is 10.3. The van der Waals surface area contributed by atoms with Crippen molar-refractivity contribution in [3.8, 4) is 5.75 Å². The van der Waals surface area contributed by atoms with E-state index in [1.165, 1.54) is 23.5 Å². The van der Waals surface area contributed by atoms with Gasteiger partial charge in [-0.2, -0.15) is 0 Å². The first-order valence-corrected chi connectivity index (χ1v) is 5.81. The maximum atomic E-state index is 13.0. The van der Waals surface area contributed by atoms with Crippen LogP contribution in [0.5, 0.6) is 5.75 Å². The van der Waals surface area contributed by atoms with E-state index in [9.17, 15) is 4.39 Å². The second-order valence-electron chi connectivity index (χ2n) is 3.23. The molecule has 0 saturated heterocycles. The second kappa shape index (κ2) is 4.72. The number of phenols is 1. The maximum Gasteiger partial charge on any atom is 0.166 e. The Morgan fingerprint density at radius 2 is 2.12 bits per heavy atom. The van der Waals surface area contributed by atoms with Crippen molar-refractivity contribution in [2.45, 2.75) is 6.54 Å². The number of aromatic hydroxyl groups is 1. The minimum Gasteiger partial charge on any atom is -0.505 e. The van der Waals surface area contributed by atoms with Gasteiger partial charge in [-0.1, -0.05) is 11.6 Å². The molecule has 2 nitrogen and oxygen atoms in total. The minimum atomic E-state index is -0.630. The smallest absolute Gasteiger partial charge is 0.166 e. The molecule has 0 spiro atoms. The molecule has 2 rings (SSSR count). The van der Waals surface area contributed by atoms with Crippen LogP contribution >= 0.6 is 22.9 Å². The lowest BCUT2D eigenvalue weighted by Crippen LogP contribution is -1.97. The van der Waals surface area contributed by atoms with E-state index in [-0.39, 0.29) is 5.75 Å². The van der Waals surface area contributed by atoms with E-state index in [1.807, 2.05) is 12.1 Å². The van der Waals surface area contributed by atoms with Gasteiger partial charge in [-0.3, -0.25) is 0 Å². The van der Waals surface area contributed by atoms with Gasteiger partial charge in [0.05, 0.1) is 4.34 Å². The summed E-state index contributed by atoms with van der Waals surface area (Å²) < 4.78 is 13.7. The van der Waals surface area contributed by atoms with Crippen molar-refractivity contribution in [1.82, 2.24) is 0 Å². The number of phenolic OH excluding ortho intramolecular Hbond substituents is 1. The molecular formula is C11H9ClFNOS. The average molecular weight is 258 g/mol. The molecule has 0 aliphatic rings. The summed E-state index contributed by atoms with van der Waals surface area (Å²) in [7, 11) is 0. The molecule has 0 bridgehead atoms. The molecule has 2 N–H and O–H groups in total. The van der Waals surface area contributed by atoms with Crippen molar-refractivity contribution in [2.75, 3.05) is 5.32 Å². The number of hydrogen-bond acceptors (Lipinski definition) is 3. The van der Waals surface area contributed by atoms with E-state index in [4.69, 9.17) is 16.7 Å². The van der Waals surface area contributed by atoms with Crippen LogP contribution in [-0.4, -0.2) is 5.11 Å². The van der Waals surface area contributed by atoms with E-state index < -0.39 is 5.82 Å². The van der Waals surface area contributed by atoms with Crippen molar-refractivity contribution in [3.63, 3.8) is 0 Å².